The smallest absolute Gasteiger partial charge is 0.338 e. The average molecular weight is 367 g/mol. The van der Waals surface area contributed by atoms with Crippen LogP contribution in [-0.4, -0.2) is 35.0 Å². The molecule has 140 valence electrons. The lowest BCUT2D eigenvalue weighted by Crippen LogP contribution is -2.16. The Kier molecular flexibility index (Phi) is 5.40. The minimum absolute atomic E-state index is 0.327. The van der Waals surface area contributed by atoms with Gasteiger partial charge in [0.05, 0.1) is 25.0 Å². The fourth-order valence-electron chi connectivity index (χ4n) is 2.78. The fraction of sp³-hybridized carbons (Fsp3) is 0.250. The van der Waals surface area contributed by atoms with E-state index in [0.29, 0.717) is 40.6 Å². The third-order valence-electron chi connectivity index (χ3n) is 4.02. The number of aryl methyl sites for hydroxylation is 1. The molecule has 7 heteroatoms. The van der Waals surface area contributed by atoms with E-state index in [9.17, 15) is 9.59 Å². The molecule has 2 aromatic heterocycles. The summed E-state index contributed by atoms with van der Waals surface area (Å²) in [5.74, 6) is -0.156. The molecule has 0 fully saturated rings. The number of methoxy groups -OCH3 is 1. The molecule has 0 saturated heterocycles. The number of esters is 1. The first-order valence-corrected chi connectivity index (χ1v) is 8.65. The van der Waals surface area contributed by atoms with E-state index in [4.69, 9.17) is 9.47 Å². The third-order valence-corrected chi connectivity index (χ3v) is 4.02. The zero-order valence-electron chi connectivity index (χ0n) is 15.5. The Hall–Kier alpha value is -3.35. The SMILES string of the molecule is CCCOC(=O)c1cccc(NC(=O)c2c(C)nc3c(OC)cccn23)c1. The maximum Gasteiger partial charge on any atom is 0.338 e. The molecule has 3 rings (SSSR count). The quantitative estimate of drug-likeness (QED) is 0.675. The molecule has 1 N–H and O–H groups in total. The van der Waals surface area contributed by atoms with Crippen LogP contribution in [0.2, 0.25) is 0 Å². The van der Waals surface area contributed by atoms with Crippen LogP contribution in [0.1, 0.15) is 39.9 Å². The number of benzene rings is 1. The summed E-state index contributed by atoms with van der Waals surface area (Å²) in [4.78, 5) is 29.3. The Morgan fingerprint density at radius 3 is 2.78 bits per heavy atom. The third kappa shape index (κ3) is 3.76. The van der Waals surface area contributed by atoms with Gasteiger partial charge < -0.3 is 14.8 Å². The van der Waals surface area contributed by atoms with Crippen molar-refractivity contribution >= 4 is 23.2 Å². The van der Waals surface area contributed by atoms with Gasteiger partial charge in [0, 0.05) is 11.9 Å². The van der Waals surface area contributed by atoms with Gasteiger partial charge in [-0.2, -0.15) is 0 Å². The fourth-order valence-corrected chi connectivity index (χ4v) is 2.78. The van der Waals surface area contributed by atoms with Crippen LogP contribution in [0.5, 0.6) is 5.75 Å². The van der Waals surface area contributed by atoms with Gasteiger partial charge in [-0.15, -0.1) is 0 Å². The molecule has 1 aromatic carbocycles. The summed E-state index contributed by atoms with van der Waals surface area (Å²) < 4.78 is 12.1. The van der Waals surface area contributed by atoms with E-state index < -0.39 is 5.97 Å². The maximum atomic E-state index is 12.8. The first kappa shape index (κ1) is 18.4. The molecule has 7 nitrogen and oxygen atoms in total. The number of rotatable bonds is 6. The molecular weight excluding hydrogens is 346 g/mol. The van der Waals surface area contributed by atoms with Crippen LogP contribution in [-0.2, 0) is 4.74 Å². The van der Waals surface area contributed by atoms with Gasteiger partial charge in [0.15, 0.2) is 11.4 Å². The predicted octanol–water partition coefficient (Wildman–Crippen LogP) is 3.47. The molecule has 0 bridgehead atoms. The second-order valence-corrected chi connectivity index (χ2v) is 5.99. The number of nitrogens with one attached hydrogen (secondary N) is 1. The van der Waals surface area contributed by atoms with Gasteiger partial charge >= 0.3 is 5.97 Å². The second-order valence-electron chi connectivity index (χ2n) is 5.99. The van der Waals surface area contributed by atoms with E-state index in [-0.39, 0.29) is 5.91 Å². The van der Waals surface area contributed by atoms with Crippen LogP contribution in [0.25, 0.3) is 5.65 Å². The Balaban J connectivity index is 1.87. The largest absolute Gasteiger partial charge is 0.493 e. The van der Waals surface area contributed by atoms with Crippen LogP contribution in [0.4, 0.5) is 5.69 Å². The predicted molar refractivity (Wildman–Crippen MR) is 101 cm³/mol. The number of hydrogen-bond donors (Lipinski definition) is 1. The number of ether oxygens (including phenoxy) is 2. The van der Waals surface area contributed by atoms with Gasteiger partial charge in [-0.1, -0.05) is 13.0 Å². The Labute approximate surface area is 156 Å². The number of hydrogen-bond acceptors (Lipinski definition) is 5. The van der Waals surface area contributed by atoms with Crippen molar-refractivity contribution in [1.82, 2.24) is 9.38 Å². The van der Waals surface area contributed by atoms with Gasteiger partial charge in [-0.3, -0.25) is 9.20 Å². The van der Waals surface area contributed by atoms with Crippen LogP contribution in [0, 0.1) is 6.92 Å². The van der Waals surface area contributed by atoms with E-state index in [2.05, 4.69) is 10.3 Å². The summed E-state index contributed by atoms with van der Waals surface area (Å²) in [6, 6.07) is 10.2. The molecule has 3 aromatic rings. The molecule has 2 heterocycles. The number of fused-ring (bicyclic) bond motifs is 1. The first-order valence-electron chi connectivity index (χ1n) is 8.65. The monoisotopic (exact) mass is 367 g/mol. The molecule has 0 aliphatic carbocycles. The molecule has 27 heavy (non-hydrogen) atoms. The van der Waals surface area contributed by atoms with Crippen molar-refractivity contribution < 1.29 is 19.1 Å². The highest BCUT2D eigenvalue weighted by Gasteiger charge is 2.19. The van der Waals surface area contributed by atoms with Crippen molar-refractivity contribution in [2.45, 2.75) is 20.3 Å². The normalized spacial score (nSPS) is 10.6. The molecule has 0 unspecified atom stereocenters. The highest BCUT2D eigenvalue weighted by atomic mass is 16.5. The van der Waals surface area contributed by atoms with Crippen LogP contribution in [0.15, 0.2) is 42.6 Å². The van der Waals surface area contributed by atoms with Crippen molar-refractivity contribution in [3.05, 3.63) is 59.5 Å². The van der Waals surface area contributed by atoms with Gasteiger partial charge in [-0.25, -0.2) is 9.78 Å². The van der Waals surface area contributed by atoms with Gasteiger partial charge in [-0.05, 0) is 43.7 Å². The summed E-state index contributed by atoms with van der Waals surface area (Å²) in [5.41, 5.74) is 2.44. The summed E-state index contributed by atoms with van der Waals surface area (Å²) in [5, 5.41) is 2.82. The summed E-state index contributed by atoms with van der Waals surface area (Å²) in [7, 11) is 1.56. The van der Waals surface area contributed by atoms with Gasteiger partial charge in [0.25, 0.3) is 5.91 Å². The van der Waals surface area contributed by atoms with Crippen molar-refractivity contribution in [2.75, 3.05) is 19.0 Å². The zero-order valence-corrected chi connectivity index (χ0v) is 15.5. The number of amides is 1. The Morgan fingerprint density at radius 1 is 1.22 bits per heavy atom. The lowest BCUT2D eigenvalue weighted by molar-refractivity contribution is 0.0505. The number of aromatic nitrogens is 2. The van der Waals surface area contributed by atoms with Crippen LogP contribution < -0.4 is 10.1 Å². The molecule has 0 atom stereocenters. The van der Waals surface area contributed by atoms with E-state index >= 15 is 0 Å². The van der Waals surface area contributed by atoms with E-state index in [1.54, 1.807) is 61.0 Å². The zero-order chi connectivity index (χ0) is 19.4. The van der Waals surface area contributed by atoms with Crippen molar-refractivity contribution in [2.24, 2.45) is 0 Å². The molecule has 0 spiro atoms. The van der Waals surface area contributed by atoms with E-state index in [1.807, 2.05) is 6.92 Å². The van der Waals surface area contributed by atoms with E-state index in [0.717, 1.165) is 6.42 Å². The molecule has 0 radical (unpaired) electrons. The number of nitrogens with zero attached hydrogens (tertiary/aromatic N) is 2. The summed E-state index contributed by atoms with van der Waals surface area (Å²) >= 11 is 0. The van der Waals surface area contributed by atoms with Crippen molar-refractivity contribution in [3.63, 3.8) is 0 Å². The van der Waals surface area contributed by atoms with Gasteiger partial charge in [0.2, 0.25) is 0 Å². The topological polar surface area (TPSA) is 81.9 Å². The Morgan fingerprint density at radius 2 is 2.04 bits per heavy atom. The number of carbonyl (C=O) groups excluding carboxylic acids is 2. The Bertz CT molecular complexity index is 994. The minimum atomic E-state index is -0.413. The van der Waals surface area contributed by atoms with Gasteiger partial charge in [0.1, 0.15) is 5.69 Å². The molecule has 0 aliphatic rings. The maximum absolute atomic E-state index is 12.8. The number of carbonyl (C=O) groups is 2. The minimum Gasteiger partial charge on any atom is -0.493 e. The lowest BCUT2D eigenvalue weighted by Gasteiger charge is -2.08. The molecule has 0 aliphatic heterocycles. The molecule has 1 amide bonds. The van der Waals surface area contributed by atoms with Crippen LogP contribution in [0.3, 0.4) is 0 Å². The number of imidazole rings is 1. The van der Waals surface area contributed by atoms with Crippen molar-refractivity contribution in [1.29, 1.82) is 0 Å². The highest BCUT2D eigenvalue weighted by Crippen LogP contribution is 2.22. The average Bonchev–Trinajstić information content (AvgIpc) is 3.02. The second kappa shape index (κ2) is 7.90. The summed E-state index contributed by atoms with van der Waals surface area (Å²) in [6.45, 7) is 4.05. The van der Waals surface area contributed by atoms with Crippen molar-refractivity contribution in [3.8, 4) is 5.75 Å². The van der Waals surface area contributed by atoms with E-state index in [1.165, 1.54) is 0 Å². The highest BCUT2D eigenvalue weighted by molar-refractivity contribution is 6.05. The number of anilines is 1. The molecule has 0 saturated carbocycles. The summed E-state index contributed by atoms with van der Waals surface area (Å²) in [6.07, 6.45) is 2.50. The lowest BCUT2D eigenvalue weighted by atomic mass is 10.2. The number of pyridine rings is 1. The standard InChI is InChI=1S/C20H21N3O4/c1-4-11-27-20(25)14-7-5-8-15(12-14)22-19(24)17-13(2)21-18-16(26-3)9-6-10-23(17)18/h5-10,12H,4,11H2,1-3H3,(H,22,24). The molecular formula is C20H21N3O4. The van der Waals surface area contributed by atoms with Crippen LogP contribution >= 0.6 is 0 Å². The first-order chi connectivity index (χ1) is 13.0.